The lowest BCUT2D eigenvalue weighted by Crippen LogP contribution is -2.17. The second-order valence-electron chi connectivity index (χ2n) is 4.18. The Morgan fingerprint density at radius 2 is 2.06 bits per heavy atom. The van der Waals surface area contributed by atoms with Gasteiger partial charge in [-0.1, -0.05) is 12.1 Å². The molecule has 0 amide bonds. The molecular weight excluding hydrogens is 217 g/mol. The molecule has 90 valence electrons. The fourth-order valence-electron chi connectivity index (χ4n) is 1.70. The Hall–Kier alpha value is -1.68. The lowest BCUT2D eigenvalue weighted by atomic mass is 10.1. The number of hydrogen-bond donors (Lipinski definition) is 1. The van der Waals surface area contributed by atoms with Crippen molar-refractivity contribution in [2.45, 2.75) is 19.5 Å². The first-order valence-corrected chi connectivity index (χ1v) is 5.61. The summed E-state index contributed by atoms with van der Waals surface area (Å²) in [7, 11) is 1.90. The minimum Gasteiger partial charge on any atom is -0.306 e. The van der Waals surface area contributed by atoms with Crippen molar-refractivity contribution in [2.24, 2.45) is 7.05 Å². The van der Waals surface area contributed by atoms with Crippen LogP contribution in [0.3, 0.4) is 0 Å². The number of halogens is 1. The van der Waals surface area contributed by atoms with E-state index in [0.29, 0.717) is 0 Å². The van der Waals surface area contributed by atoms with E-state index in [1.807, 2.05) is 19.4 Å². The Morgan fingerprint density at radius 1 is 1.35 bits per heavy atom. The van der Waals surface area contributed by atoms with E-state index in [4.69, 9.17) is 0 Å². The molecule has 0 fully saturated rings. The maximum absolute atomic E-state index is 12.8. The standard InChI is InChI=1S/C13H16FN3/c1-10(12-3-5-13(14)6-4-12)15-7-11-8-16-17(2)9-11/h3-6,8-10,15H,7H2,1-2H3. The Morgan fingerprint density at radius 3 is 2.65 bits per heavy atom. The number of hydrogen-bond acceptors (Lipinski definition) is 2. The molecule has 1 N–H and O–H groups in total. The van der Waals surface area contributed by atoms with Crippen LogP contribution in [0.1, 0.15) is 24.1 Å². The minimum absolute atomic E-state index is 0.191. The second-order valence-corrected chi connectivity index (χ2v) is 4.18. The van der Waals surface area contributed by atoms with Crippen molar-refractivity contribution in [3.63, 3.8) is 0 Å². The van der Waals surface area contributed by atoms with Crippen LogP contribution in [0, 0.1) is 5.82 Å². The van der Waals surface area contributed by atoms with Crippen LogP contribution in [0.25, 0.3) is 0 Å². The van der Waals surface area contributed by atoms with E-state index in [-0.39, 0.29) is 11.9 Å². The highest BCUT2D eigenvalue weighted by molar-refractivity contribution is 5.19. The summed E-state index contributed by atoms with van der Waals surface area (Å²) in [5, 5.41) is 7.48. The molecule has 2 rings (SSSR count). The van der Waals surface area contributed by atoms with E-state index < -0.39 is 0 Å². The van der Waals surface area contributed by atoms with Crippen LogP contribution in [-0.4, -0.2) is 9.78 Å². The molecule has 1 aromatic carbocycles. The summed E-state index contributed by atoms with van der Waals surface area (Å²) < 4.78 is 14.5. The van der Waals surface area contributed by atoms with Crippen molar-refractivity contribution in [1.29, 1.82) is 0 Å². The predicted molar refractivity (Wildman–Crippen MR) is 64.9 cm³/mol. The smallest absolute Gasteiger partial charge is 0.123 e. The van der Waals surface area contributed by atoms with Gasteiger partial charge in [-0.2, -0.15) is 5.10 Å². The van der Waals surface area contributed by atoms with Gasteiger partial charge in [0.2, 0.25) is 0 Å². The van der Waals surface area contributed by atoms with Crippen molar-refractivity contribution in [3.05, 3.63) is 53.6 Å². The molecule has 0 saturated carbocycles. The van der Waals surface area contributed by atoms with Crippen molar-refractivity contribution < 1.29 is 4.39 Å². The monoisotopic (exact) mass is 233 g/mol. The number of aromatic nitrogens is 2. The quantitative estimate of drug-likeness (QED) is 0.878. The van der Waals surface area contributed by atoms with Crippen molar-refractivity contribution in [3.8, 4) is 0 Å². The highest BCUT2D eigenvalue weighted by Crippen LogP contribution is 2.13. The molecule has 0 spiro atoms. The molecule has 0 radical (unpaired) electrons. The first-order chi connectivity index (χ1) is 8.15. The Balaban J connectivity index is 1.93. The molecule has 1 unspecified atom stereocenters. The van der Waals surface area contributed by atoms with E-state index in [9.17, 15) is 4.39 Å². The Labute approximate surface area is 100 Å². The zero-order valence-corrected chi connectivity index (χ0v) is 10.0. The average molecular weight is 233 g/mol. The number of nitrogens with zero attached hydrogens (tertiary/aromatic N) is 2. The van der Waals surface area contributed by atoms with Gasteiger partial charge in [0.05, 0.1) is 6.20 Å². The van der Waals surface area contributed by atoms with Crippen molar-refractivity contribution >= 4 is 0 Å². The normalized spacial score (nSPS) is 12.6. The van der Waals surface area contributed by atoms with Gasteiger partial charge < -0.3 is 5.32 Å². The molecular formula is C13H16FN3. The summed E-state index contributed by atoms with van der Waals surface area (Å²) in [6.45, 7) is 2.82. The summed E-state index contributed by atoms with van der Waals surface area (Å²) in [6.07, 6.45) is 3.81. The molecule has 17 heavy (non-hydrogen) atoms. The molecule has 0 saturated heterocycles. The lowest BCUT2D eigenvalue weighted by molar-refractivity contribution is 0.571. The first kappa shape index (κ1) is 11.8. The van der Waals surface area contributed by atoms with Gasteiger partial charge in [-0.05, 0) is 24.6 Å². The SMILES string of the molecule is CC(NCc1cnn(C)c1)c1ccc(F)cc1. The second kappa shape index (κ2) is 5.10. The van der Waals surface area contributed by atoms with E-state index in [1.54, 1.807) is 16.8 Å². The summed E-state index contributed by atoms with van der Waals surface area (Å²) in [5.74, 6) is -0.201. The van der Waals surface area contributed by atoms with Gasteiger partial charge in [-0.15, -0.1) is 0 Å². The molecule has 0 aliphatic carbocycles. The Kier molecular flexibility index (Phi) is 3.54. The third-order valence-corrected chi connectivity index (χ3v) is 2.74. The van der Waals surface area contributed by atoms with E-state index >= 15 is 0 Å². The lowest BCUT2D eigenvalue weighted by Gasteiger charge is -2.13. The maximum atomic E-state index is 12.8. The van der Waals surface area contributed by atoms with Gasteiger partial charge >= 0.3 is 0 Å². The highest BCUT2D eigenvalue weighted by Gasteiger charge is 2.05. The molecule has 1 heterocycles. The number of benzene rings is 1. The van der Waals surface area contributed by atoms with Crippen molar-refractivity contribution in [1.82, 2.24) is 15.1 Å². The molecule has 0 bridgehead atoms. The summed E-state index contributed by atoms with van der Waals surface area (Å²) in [4.78, 5) is 0. The van der Waals surface area contributed by atoms with Gasteiger partial charge in [0, 0.05) is 31.4 Å². The van der Waals surface area contributed by atoms with E-state index in [2.05, 4.69) is 17.3 Å². The summed E-state index contributed by atoms with van der Waals surface area (Å²) >= 11 is 0. The van der Waals surface area contributed by atoms with Crippen LogP contribution >= 0.6 is 0 Å². The Bertz CT molecular complexity index is 476. The summed E-state index contributed by atoms with van der Waals surface area (Å²) in [6, 6.07) is 6.76. The summed E-state index contributed by atoms with van der Waals surface area (Å²) in [5.41, 5.74) is 2.22. The zero-order valence-electron chi connectivity index (χ0n) is 10.0. The van der Waals surface area contributed by atoms with Crippen LogP contribution in [0.5, 0.6) is 0 Å². The predicted octanol–water partition coefficient (Wildman–Crippen LogP) is 2.41. The molecule has 3 nitrogen and oxygen atoms in total. The highest BCUT2D eigenvalue weighted by atomic mass is 19.1. The molecule has 0 aliphatic rings. The fraction of sp³-hybridized carbons (Fsp3) is 0.308. The minimum atomic E-state index is -0.201. The number of aryl methyl sites for hydroxylation is 1. The fourth-order valence-corrected chi connectivity index (χ4v) is 1.70. The average Bonchev–Trinajstić information content (AvgIpc) is 2.73. The molecule has 1 aromatic heterocycles. The van der Waals surface area contributed by atoms with Crippen molar-refractivity contribution in [2.75, 3.05) is 0 Å². The first-order valence-electron chi connectivity index (χ1n) is 5.61. The molecule has 4 heteroatoms. The van der Waals surface area contributed by atoms with Crippen LogP contribution in [0.15, 0.2) is 36.7 Å². The molecule has 1 atom stereocenters. The van der Waals surface area contributed by atoms with Gasteiger partial charge in [0.1, 0.15) is 5.82 Å². The third kappa shape index (κ3) is 3.14. The number of nitrogens with one attached hydrogen (secondary N) is 1. The van der Waals surface area contributed by atoms with Crippen LogP contribution in [-0.2, 0) is 13.6 Å². The topological polar surface area (TPSA) is 29.9 Å². The van der Waals surface area contributed by atoms with Gasteiger partial charge in [-0.3, -0.25) is 4.68 Å². The molecule has 0 aliphatic heterocycles. The third-order valence-electron chi connectivity index (χ3n) is 2.74. The van der Waals surface area contributed by atoms with Gasteiger partial charge in [0.15, 0.2) is 0 Å². The van der Waals surface area contributed by atoms with Crippen LogP contribution in [0.4, 0.5) is 4.39 Å². The maximum Gasteiger partial charge on any atom is 0.123 e. The van der Waals surface area contributed by atoms with E-state index in [0.717, 1.165) is 17.7 Å². The van der Waals surface area contributed by atoms with Gasteiger partial charge in [0.25, 0.3) is 0 Å². The number of rotatable bonds is 4. The zero-order chi connectivity index (χ0) is 12.3. The largest absolute Gasteiger partial charge is 0.306 e. The van der Waals surface area contributed by atoms with Gasteiger partial charge in [-0.25, -0.2) is 4.39 Å². The van der Waals surface area contributed by atoms with E-state index in [1.165, 1.54) is 12.1 Å². The molecule has 2 aromatic rings. The van der Waals surface area contributed by atoms with Crippen LogP contribution < -0.4 is 5.32 Å². The van der Waals surface area contributed by atoms with Crippen LogP contribution in [0.2, 0.25) is 0 Å².